The highest BCUT2D eigenvalue weighted by Gasteiger charge is 2.17. The maximum Gasteiger partial charge on any atom is 0.224 e. The molecule has 16 heavy (non-hydrogen) atoms. The number of nitrogens with two attached hydrogens (primary N) is 1. The molecule has 96 valence electrons. The highest BCUT2D eigenvalue weighted by molar-refractivity contribution is 5.78. The van der Waals surface area contributed by atoms with Gasteiger partial charge >= 0.3 is 0 Å². The lowest BCUT2D eigenvalue weighted by molar-refractivity contribution is -0.125. The van der Waals surface area contributed by atoms with Gasteiger partial charge in [-0.2, -0.15) is 0 Å². The van der Waals surface area contributed by atoms with Crippen molar-refractivity contribution in [3.8, 4) is 0 Å². The Labute approximate surface area is 100 Å². The molecule has 0 radical (unpaired) electrons. The predicted octanol–water partition coefficient (Wildman–Crippen LogP) is 2.30. The van der Waals surface area contributed by atoms with Gasteiger partial charge in [-0.25, -0.2) is 0 Å². The van der Waals surface area contributed by atoms with Gasteiger partial charge < -0.3 is 11.1 Å². The van der Waals surface area contributed by atoms with Crippen LogP contribution in [0, 0.1) is 11.8 Å². The Hall–Kier alpha value is -0.570. The van der Waals surface area contributed by atoms with Crippen molar-refractivity contribution in [1.29, 1.82) is 0 Å². The summed E-state index contributed by atoms with van der Waals surface area (Å²) in [5.74, 6) is 0.651. The molecule has 0 aliphatic carbocycles. The van der Waals surface area contributed by atoms with Crippen molar-refractivity contribution in [3.63, 3.8) is 0 Å². The minimum absolute atomic E-state index is 0.00817. The lowest BCUT2D eigenvalue weighted by atomic mass is 9.96. The zero-order chi connectivity index (χ0) is 12.4. The molecular weight excluding hydrogens is 200 g/mol. The number of carbonyl (C=O) groups is 1. The van der Waals surface area contributed by atoms with Crippen LogP contribution in [0.15, 0.2) is 0 Å². The highest BCUT2D eigenvalue weighted by Crippen LogP contribution is 2.10. The molecule has 0 aromatic rings. The third kappa shape index (κ3) is 7.69. The van der Waals surface area contributed by atoms with Gasteiger partial charge in [0.25, 0.3) is 0 Å². The predicted molar refractivity (Wildman–Crippen MR) is 69.2 cm³/mol. The van der Waals surface area contributed by atoms with E-state index in [1.165, 1.54) is 19.3 Å². The zero-order valence-electron chi connectivity index (χ0n) is 11.1. The van der Waals surface area contributed by atoms with E-state index in [0.717, 1.165) is 19.4 Å². The van der Waals surface area contributed by atoms with Gasteiger partial charge in [0.2, 0.25) is 5.91 Å². The normalized spacial score (nSPS) is 12.8. The van der Waals surface area contributed by atoms with Crippen LogP contribution in [-0.4, -0.2) is 19.0 Å². The summed E-state index contributed by atoms with van der Waals surface area (Å²) >= 11 is 0. The van der Waals surface area contributed by atoms with Gasteiger partial charge in [0.1, 0.15) is 0 Å². The summed E-state index contributed by atoms with van der Waals surface area (Å²) < 4.78 is 0. The van der Waals surface area contributed by atoms with Crippen molar-refractivity contribution in [1.82, 2.24) is 5.32 Å². The van der Waals surface area contributed by atoms with Gasteiger partial charge in [0.05, 0.1) is 5.92 Å². The van der Waals surface area contributed by atoms with Gasteiger partial charge in [-0.05, 0) is 18.8 Å². The molecule has 0 fully saturated rings. The maximum absolute atomic E-state index is 11.8. The first-order chi connectivity index (χ1) is 7.61. The Kier molecular flexibility index (Phi) is 9.30. The number of unbranched alkanes of at least 4 members (excludes halogenated alkanes) is 3. The third-order valence-corrected chi connectivity index (χ3v) is 2.74. The molecule has 0 saturated carbocycles. The molecule has 3 N–H and O–H groups in total. The average Bonchev–Trinajstić information content (AvgIpc) is 2.25. The van der Waals surface area contributed by atoms with E-state index in [2.05, 4.69) is 26.1 Å². The van der Waals surface area contributed by atoms with Crippen molar-refractivity contribution in [2.45, 2.75) is 52.9 Å². The van der Waals surface area contributed by atoms with E-state index in [0.29, 0.717) is 12.5 Å². The van der Waals surface area contributed by atoms with Gasteiger partial charge in [-0.15, -0.1) is 0 Å². The Morgan fingerprint density at radius 2 is 1.94 bits per heavy atom. The first-order valence-corrected chi connectivity index (χ1v) is 6.59. The molecule has 0 aliphatic rings. The molecule has 0 bridgehead atoms. The summed E-state index contributed by atoms with van der Waals surface area (Å²) in [4.78, 5) is 11.8. The summed E-state index contributed by atoms with van der Waals surface area (Å²) in [5, 5.41) is 2.98. The summed E-state index contributed by atoms with van der Waals surface area (Å²) in [6.45, 7) is 7.69. The van der Waals surface area contributed by atoms with Crippen LogP contribution in [0.4, 0.5) is 0 Å². The highest BCUT2D eigenvalue weighted by atomic mass is 16.1. The fourth-order valence-electron chi connectivity index (χ4n) is 1.79. The molecule has 0 aromatic carbocycles. The van der Waals surface area contributed by atoms with Crippen LogP contribution < -0.4 is 11.1 Å². The van der Waals surface area contributed by atoms with Gasteiger partial charge in [0.15, 0.2) is 0 Å². The van der Waals surface area contributed by atoms with Crippen LogP contribution in [-0.2, 0) is 4.79 Å². The van der Waals surface area contributed by atoms with Crippen molar-refractivity contribution >= 4 is 5.91 Å². The molecule has 0 rings (SSSR count). The quantitative estimate of drug-likeness (QED) is 0.595. The Bertz CT molecular complexity index is 181. The fourth-order valence-corrected chi connectivity index (χ4v) is 1.79. The number of carbonyl (C=O) groups excluding carboxylic acids is 1. The molecule has 3 heteroatoms. The van der Waals surface area contributed by atoms with Crippen molar-refractivity contribution in [2.75, 3.05) is 13.1 Å². The SMILES string of the molecule is CCCCCCNC(=O)C(CN)CC(C)C. The Morgan fingerprint density at radius 3 is 2.44 bits per heavy atom. The van der Waals surface area contributed by atoms with Gasteiger partial charge in [-0.3, -0.25) is 4.79 Å². The number of hydrogen-bond acceptors (Lipinski definition) is 2. The topological polar surface area (TPSA) is 55.1 Å². The van der Waals surface area contributed by atoms with E-state index < -0.39 is 0 Å². The zero-order valence-corrected chi connectivity index (χ0v) is 11.1. The van der Waals surface area contributed by atoms with E-state index in [1.807, 2.05) is 0 Å². The maximum atomic E-state index is 11.8. The number of amides is 1. The Morgan fingerprint density at radius 1 is 1.25 bits per heavy atom. The number of hydrogen-bond donors (Lipinski definition) is 2. The van der Waals surface area contributed by atoms with Crippen molar-refractivity contribution < 1.29 is 4.79 Å². The molecule has 1 unspecified atom stereocenters. The lowest BCUT2D eigenvalue weighted by Crippen LogP contribution is -2.36. The molecule has 0 heterocycles. The second-order valence-corrected chi connectivity index (χ2v) is 4.91. The van der Waals surface area contributed by atoms with Crippen LogP contribution in [0.5, 0.6) is 0 Å². The minimum atomic E-state index is -0.00817. The first-order valence-electron chi connectivity index (χ1n) is 6.59. The third-order valence-electron chi connectivity index (χ3n) is 2.74. The Balaban J connectivity index is 3.67. The van der Waals surface area contributed by atoms with Crippen LogP contribution in [0.25, 0.3) is 0 Å². The monoisotopic (exact) mass is 228 g/mol. The minimum Gasteiger partial charge on any atom is -0.356 e. The molecule has 1 amide bonds. The summed E-state index contributed by atoms with van der Waals surface area (Å²) in [7, 11) is 0. The fraction of sp³-hybridized carbons (Fsp3) is 0.923. The molecular formula is C13H28N2O. The summed E-state index contributed by atoms with van der Waals surface area (Å²) in [6.07, 6.45) is 5.65. The molecule has 1 atom stereocenters. The van der Waals surface area contributed by atoms with Crippen LogP contribution >= 0.6 is 0 Å². The van der Waals surface area contributed by atoms with Gasteiger partial charge in [-0.1, -0.05) is 40.0 Å². The second kappa shape index (κ2) is 9.64. The van der Waals surface area contributed by atoms with Gasteiger partial charge in [0, 0.05) is 13.1 Å². The first kappa shape index (κ1) is 15.4. The summed E-state index contributed by atoms with van der Waals surface area (Å²) in [5.41, 5.74) is 5.61. The van der Waals surface area contributed by atoms with E-state index in [4.69, 9.17) is 5.73 Å². The van der Waals surface area contributed by atoms with E-state index >= 15 is 0 Å². The van der Waals surface area contributed by atoms with Crippen molar-refractivity contribution in [2.24, 2.45) is 17.6 Å². The van der Waals surface area contributed by atoms with E-state index in [1.54, 1.807) is 0 Å². The van der Waals surface area contributed by atoms with Crippen LogP contribution in [0.2, 0.25) is 0 Å². The second-order valence-electron chi connectivity index (χ2n) is 4.91. The lowest BCUT2D eigenvalue weighted by Gasteiger charge is -2.16. The van der Waals surface area contributed by atoms with E-state index in [-0.39, 0.29) is 11.8 Å². The standard InChI is InChI=1S/C13H28N2O/c1-4-5-6-7-8-15-13(16)12(10-14)9-11(2)3/h11-12H,4-10,14H2,1-3H3,(H,15,16). The number of rotatable bonds is 9. The molecule has 0 spiro atoms. The summed E-state index contributed by atoms with van der Waals surface area (Å²) in [6, 6.07) is 0. The molecule has 0 saturated heterocycles. The molecule has 0 aliphatic heterocycles. The van der Waals surface area contributed by atoms with Crippen LogP contribution in [0.1, 0.15) is 52.9 Å². The van der Waals surface area contributed by atoms with E-state index in [9.17, 15) is 4.79 Å². The molecule has 0 aromatic heterocycles. The van der Waals surface area contributed by atoms with Crippen LogP contribution in [0.3, 0.4) is 0 Å². The number of nitrogens with one attached hydrogen (secondary N) is 1. The largest absolute Gasteiger partial charge is 0.356 e. The smallest absolute Gasteiger partial charge is 0.224 e. The molecule has 3 nitrogen and oxygen atoms in total. The average molecular weight is 228 g/mol. The van der Waals surface area contributed by atoms with Crippen molar-refractivity contribution in [3.05, 3.63) is 0 Å².